The van der Waals surface area contributed by atoms with Crippen molar-refractivity contribution in [2.45, 2.75) is 19.0 Å². The highest BCUT2D eigenvalue weighted by Crippen LogP contribution is 2.33. The van der Waals surface area contributed by atoms with Gasteiger partial charge in [0.2, 0.25) is 0 Å². The molecule has 126 valence electrons. The fraction of sp³-hybridized carbons (Fsp3) is 0.200. The maximum absolute atomic E-state index is 12.5. The highest BCUT2D eigenvalue weighted by atomic mass is 32.1. The summed E-state index contributed by atoms with van der Waals surface area (Å²) in [4.78, 5) is 4.28. The summed E-state index contributed by atoms with van der Waals surface area (Å²) < 4.78 is 37.6. The molecule has 0 aliphatic rings. The van der Waals surface area contributed by atoms with Gasteiger partial charge in [-0.05, 0) is 23.8 Å². The van der Waals surface area contributed by atoms with E-state index in [9.17, 15) is 18.4 Å². The molecule has 5 nitrogen and oxygen atoms in total. The first kappa shape index (κ1) is 16.3. The Kier molecular flexibility index (Phi) is 4.18. The smallest absolute Gasteiger partial charge is 0.412 e. The highest BCUT2D eigenvalue weighted by molar-refractivity contribution is 7.13. The first-order chi connectivity index (χ1) is 11.3. The first-order valence-corrected chi connectivity index (χ1v) is 7.85. The van der Waals surface area contributed by atoms with Crippen LogP contribution in [0.1, 0.15) is 29.8 Å². The number of benzene rings is 1. The minimum Gasteiger partial charge on any atom is -0.412 e. The number of nitrogens with one attached hydrogen (secondary N) is 1. The lowest BCUT2D eigenvalue weighted by atomic mass is 9.98. The normalized spacial score (nSPS) is 13.0. The van der Waals surface area contributed by atoms with Gasteiger partial charge in [-0.15, -0.1) is 21.3 Å². The lowest BCUT2D eigenvalue weighted by Gasteiger charge is -2.10. The van der Waals surface area contributed by atoms with Crippen molar-refractivity contribution in [2.75, 3.05) is 5.32 Å². The molecule has 2 aromatic heterocycles. The number of nitrogens with zero attached hydrogens (tertiary/aromatic N) is 3. The van der Waals surface area contributed by atoms with Gasteiger partial charge < -0.3 is 10.5 Å². The Labute approximate surface area is 139 Å². The molecule has 0 fully saturated rings. The molecule has 0 radical (unpaired) electrons. The van der Waals surface area contributed by atoms with E-state index in [0.717, 1.165) is 27.1 Å². The Bertz CT molecular complexity index is 826. The van der Waals surface area contributed by atoms with Gasteiger partial charge in [0.1, 0.15) is 0 Å². The van der Waals surface area contributed by atoms with E-state index in [1.165, 1.54) is 6.20 Å². The summed E-state index contributed by atoms with van der Waals surface area (Å²) in [5.74, 6) is -0.0239. The second-order valence-electron chi connectivity index (χ2n) is 5.17. The molecule has 0 aliphatic carbocycles. The molecule has 0 amide bonds. The van der Waals surface area contributed by atoms with Crippen molar-refractivity contribution in [3.05, 3.63) is 58.9 Å². The van der Waals surface area contributed by atoms with E-state index in [1.54, 1.807) is 18.2 Å². The third kappa shape index (κ3) is 3.51. The summed E-state index contributed by atoms with van der Waals surface area (Å²) in [5, 5.41) is 17.2. The van der Waals surface area contributed by atoms with Gasteiger partial charge in [0.05, 0.1) is 11.9 Å². The SMILES string of the molecule is C[C@H](c1ccc(Nc2nc(C(F)(F)F)cs2)cc1)c1ccn(O)n1. The minimum absolute atomic E-state index is 0.0239. The van der Waals surface area contributed by atoms with Crippen molar-refractivity contribution in [3.8, 4) is 0 Å². The fourth-order valence-corrected chi connectivity index (χ4v) is 2.91. The average Bonchev–Trinajstić information content (AvgIpc) is 3.16. The Morgan fingerprint density at radius 2 is 1.92 bits per heavy atom. The van der Waals surface area contributed by atoms with Gasteiger partial charge in [0.25, 0.3) is 0 Å². The zero-order valence-corrected chi connectivity index (χ0v) is 13.3. The van der Waals surface area contributed by atoms with Crippen molar-refractivity contribution in [3.63, 3.8) is 0 Å². The van der Waals surface area contributed by atoms with Crippen LogP contribution in [-0.2, 0) is 6.18 Å². The summed E-state index contributed by atoms with van der Waals surface area (Å²) in [5.41, 5.74) is 1.42. The average molecular weight is 354 g/mol. The second-order valence-corrected chi connectivity index (χ2v) is 6.02. The van der Waals surface area contributed by atoms with E-state index in [1.807, 2.05) is 19.1 Å². The largest absolute Gasteiger partial charge is 0.434 e. The van der Waals surface area contributed by atoms with Crippen molar-refractivity contribution >= 4 is 22.2 Å². The molecule has 3 rings (SSSR count). The van der Waals surface area contributed by atoms with Gasteiger partial charge in [0.15, 0.2) is 10.8 Å². The van der Waals surface area contributed by atoms with Crippen molar-refractivity contribution < 1.29 is 18.4 Å². The molecular formula is C15H13F3N4OS. The molecule has 1 atom stereocenters. The third-order valence-corrected chi connectivity index (χ3v) is 4.25. The molecule has 0 aliphatic heterocycles. The number of hydrogen-bond donors (Lipinski definition) is 2. The van der Waals surface area contributed by atoms with E-state index in [4.69, 9.17) is 0 Å². The molecule has 1 aromatic carbocycles. The van der Waals surface area contributed by atoms with E-state index in [-0.39, 0.29) is 11.0 Å². The standard InChI is InChI=1S/C15H13F3N4OS/c1-9(12-6-7-22(23)21-12)10-2-4-11(5-3-10)19-14-20-13(8-24-14)15(16,17)18/h2-9,23H,1H3,(H,19,20)/t9-/m1/s1. The van der Waals surface area contributed by atoms with Crippen LogP contribution in [0.15, 0.2) is 41.9 Å². The van der Waals surface area contributed by atoms with Crippen LogP contribution < -0.4 is 5.32 Å². The molecule has 0 bridgehead atoms. The topological polar surface area (TPSA) is 63.0 Å². The molecule has 24 heavy (non-hydrogen) atoms. The molecule has 3 aromatic rings. The van der Waals surface area contributed by atoms with Crippen LogP contribution in [-0.4, -0.2) is 20.1 Å². The summed E-state index contributed by atoms with van der Waals surface area (Å²) in [7, 11) is 0. The number of thiazole rings is 1. The van der Waals surface area contributed by atoms with E-state index < -0.39 is 11.9 Å². The Morgan fingerprint density at radius 3 is 2.46 bits per heavy atom. The number of anilines is 2. The summed E-state index contributed by atoms with van der Waals surface area (Å²) in [6.45, 7) is 1.95. The second kappa shape index (κ2) is 6.16. The van der Waals surface area contributed by atoms with Crippen LogP contribution in [0.3, 0.4) is 0 Å². The minimum atomic E-state index is -4.44. The van der Waals surface area contributed by atoms with Crippen molar-refractivity contribution in [1.82, 2.24) is 14.9 Å². The predicted molar refractivity (Wildman–Crippen MR) is 83.8 cm³/mol. The van der Waals surface area contributed by atoms with E-state index in [0.29, 0.717) is 11.4 Å². The molecule has 2 heterocycles. The Morgan fingerprint density at radius 1 is 1.21 bits per heavy atom. The summed E-state index contributed by atoms with van der Waals surface area (Å²) in [6.07, 6.45) is -2.99. The number of hydrogen-bond acceptors (Lipinski definition) is 5. The first-order valence-electron chi connectivity index (χ1n) is 6.97. The number of halogens is 3. The van der Waals surface area contributed by atoms with Crippen LogP contribution in [0.5, 0.6) is 0 Å². The fourth-order valence-electron chi connectivity index (χ4n) is 2.17. The maximum Gasteiger partial charge on any atom is 0.434 e. The Hall–Kier alpha value is -2.55. The lowest BCUT2D eigenvalue weighted by molar-refractivity contribution is -0.140. The monoisotopic (exact) mass is 354 g/mol. The number of aromatic nitrogens is 3. The Balaban J connectivity index is 1.71. The molecule has 0 saturated heterocycles. The zero-order valence-electron chi connectivity index (χ0n) is 12.4. The van der Waals surface area contributed by atoms with E-state index in [2.05, 4.69) is 15.4 Å². The van der Waals surface area contributed by atoms with Gasteiger partial charge in [-0.2, -0.15) is 13.2 Å². The van der Waals surface area contributed by atoms with Crippen LogP contribution in [0.2, 0.25) is 0 Å². The van der Waals surface area contributed by atoms with Crippen LogP contribution in [0, 0.1) is 0 Å². The third-order valence-electron chi connectivity index (χ3n) is 3.50. The van der Waals surface area contributed by atoms with Gasteiger partial charge in [-0.1, -0.05) is 19.1 Å². The molecule has 2 N–H and O–H groups in total. The molecule has 0 spiro atoms. The maximum atomic E-state index is 12.5. The van der Waals surface area contributed by atoms with Gasteiger partial charge in [-0.25, -0.2) is 4.98 Å². The lowest BCUT2D eigenvalue weighted by Crippen LogP contribution is -2.05. The molecule has 9 heteroatoms. The number of rotatable bonds is 4. The number of alkyl halides is 3. The van der Waals surface area contributed by atoms with Crippen LogP contribution >= 0.6 is 11.3 Å². The predicted octanol–water partition coefficient (Wildman–Crippen LogP) is 4.49. The quantitative estimate of drug-likeness (QED) is 0.678. The van der Waals surface area contributed by atoms with Crippen LogP contribution in [0.4, 0.5) is 24.0 Å². The highest BCUT2D eigenvalue weighted by Gasteiger charge is 2.33. The summed E-state index contributed by atoms with van der Waals surface area (Å²) in [6, 6.07) is 8.93. The summed E-state index contributed by atoms with van der Waals surface area (Å²) >= 11 is 0.899. The van der Waals surface area contributed by atoms with Gasteiger partial charge >= 0.3 is 6.18 Å². The van der Waals surface area contributed by atoms with Crippen molar-refractivity contribution in [2.24, 2.45) is 0 Å². The molecular weight excluding hydrogens is 341 g/mol. The van der Waals surface area contributed by atoms with E-state index >= 15 is 0 Å². The van der Waals surface area contributed by atoms with Gasteiger partial charge in [-0.3, -0.25) is 0 Å². The van der Waals surface area contributed by atoms with Gasteiger partial charge in [0, 0.05) is 17.0 Å². The molecule has 0 unspecified atom stereocenters. The van der Waals surface area contributed by atoms with Crippen LogP contribution in [0.25, 0.3) is 0 Å². The molecule has 0 saturated carbocycles. The zero-order chi connectivity index (χ0) is 17.3. The van der Waals surface area contributed by atoms with Crippen molar-refractivity contribution in [1.29, 1.82) is 0 Å².